The average Bonchev–Trinajstić information content (AvgIpc) is 2.75. The molecule has 18 heavy (non-hydrogen) atoms. The summed E-state index contributed by atoms with van der Waals surface area (Å²) in [4.78, 5) is 4.37. The van der Waals surface area contributed by atoms with Crippen molar-refractivity contribution < 1.29 is 4.42 Å². The minimum atomic E-state index is 0.496. The van der Waals surface area contributed by atoms with Crippen LogP contribution < -0.4 is 11.5 Å². The summed E-state index contributed by atoms with van der Waals surface area (Å²) in [6, 6.07) is 10.6. The van der Waals surface area contributed by atoms with Crippen LogP contribution in [0.2, 0.25) is 5.02 Å². The minimum absolute atomic E-state index is 0.496. The van der Waals surface area contributed by atoms with Crippen LogP contribution in [0, 0.1) is 0 Å². The van der Waals surface area contributed by atoms with Gasteiger partial charge in [0.2, 0.25) is 5.89 Å². The van der Waals surface area contributed by atoms with Gasteiger partial charge in [0.15, 0.2) is 5.58 Å². The molecule has 0 amide bonds. The molecule has 3 rings (SSSR count). The fourth-order valence-corrected chi connectivity index (χ4v) is 1.86. The second-order valence-corrected chi connectivity index (χ2v) is 4.39. The number of fused-ring (bicyclic) bond motifs is 1. The van der Waals surface area contributed by atoms with E-state index in [9.17, 15) is 0 Å². The molecule has 0 radical (unpaired) electrons. The molecule has 4 N–H and O–H groups in total. The molecule has 0 aliphatic rings. The van der Waals surface area contributed by atoms with Gasteiger partial charge in [0.25, 0.3) is 0 Å². The predicted molar refractivity (Wildman–Crippen MR) is 73.3 cm³/mol. The van der Waals surface area contributed by atoms with Crippen LogP contribution in [0.15, 0.2) is 40.8 Å². The quantitative estimate of drug-likeness (QED) is 0.657. The van der Waals surface area contributed by atoms with Gasteiger partial charge in [-0.05, 0) is 36.4 Å². The molecule has 1 aromatic heterocycles. The smallest absolute Gasteiger partial charge is 0.227 e. The van der Waals surface area contributed by atoms with Crippen molar-refractivity contribution in [2.45, 2.75) is 0 Å². The van der Waals surface area contributed by atoms with Gasteiger partial charge in [-0.1, -0.05) is 11.6 Å². The van der Waals surface area contributed by atoms with Crippen molar-refractivity contribution in [3.05, 3.63) is 41.4 Å². The molecule has 2 aromatic carbocycles. The summed E-state index contributed by atoms with van der Waals surface area (Å²) in [5.74, 6) is 0.499. The zero-order valence-corrected chi connectivity index (χ0v) is 10.1. The monoisotopic (exact) mass is 259 g/mol. The van der Waals surface area contributed by atoms with Crippen molar-refractivity contribution in [3.63, 3.8) is 0 Å². The van der Waals surface area contributed by atoms with Gasteiger partial charge in [0, 0.05) is 11.3 Å². The summed E-state index contributed by atoms with van der Waals surface area (Å²) in [5.41, 5.74) is 14.8. The summed E-state index contributed by atoms with van der Waals surface area (Å²) in [5, 5.41) is 0.513. The van der Waals surface area contributed by atoms with Crippen molar-refractivity contribution in [1.29, 1.82) is 0 Å². The van der Waals surface area contributed by atoms with Crippen LogP contribution in [0.4, 0.5) is 11.4 Å². The number of nitrogens with two attached hydrogens (primary N) is 2. The van der Waals surface area contributed by atoms with Crippen LogP contribution in [-0.2, 0) is 0 Å². The van der Waals surface area contributed by atoms with E-state index in [2.05, 4.69) is 4.98 Å². The average molecular weight is 260 g/mol. The Morgan fingerprint density at radius 3 is 2.67 bits per heavy atom. The number of halogens is 1. The van der Waals surface area contributed by atoms with Gasteiger partial charge in [-0.2, -0.15) is 0 Å². The molecule has 0 saturated heterocycles. The predicted octanol–water partition coefficient (Wildman–Crippen LogP) is 3.31. The fourth-order valence-electron chi connectivity index (χ4n) is 1.74. The zero-order valence-electron chi connectivity index (χ0n) is 9.35. The van der Waals surface area contributed by atoms with E-state index < -0.39 is 0 Å². The van der Waals surface area contributed by atoms with Crippen molar-refractivity contribution in [3.8, 4) is 11.5 Å². The Bertz CT molecular complexity index is 736. The number of benzene rings is 2. The Balaban J connectivity index is 2.16. The molecule has 0 aliphatic carbocycles. The third kappa shape index (κ3) is 1.76. The maximum absolute atomic E-state index is 5.88. The molecule has 3 aromatic rings. The first-order chi connectivity index (χ1) is 8.63. The molecule has 0 bridgehead atoms. The highest BCUT2D eigenvalue weighted by molar-refractivity contribution is 6.33. The Hall–Kier alpha value is -2.20. The molecular formula is C13H10ClN3O. The van der Waals surface area contributed by atoms with Crippen molar-refractivity contribution in [2.75, 3.05) is 11.5 Å². The number of nitrogen functional groups attached to an aromatic ring is 2. The lowest BCUT2D eigenvalue weighted by molar-refractivity contribution is 0.620. The summed E-state index contributed by atoms with van der Waals surface area (Å²) in [6.45, 7) is 0. The van der Waals surface area contributed by atoms with Crippen LogP contribution in [0.25, 0.3) is 22.6 Å². The van der Waals surface area contributed by atoms with Crippen molar-refractivity contribution in [1.82, 2.24) is 4.98 Å². The van der Waals surface area contributed by atoms with Crippen LogP contribution in [0.1, 0.15) is 0 Å². The first-order valence-electron chi connectivity index (χ1n) is 5.35. The van der Waals surface area contributed by atoms with Gasteiger partial charge < -0.3 is 15.9 Å². The topological polar surface area (TPSA) is 78.1 Å². The largest absolute Gasteiger partial charge is 0.436 e. The number of nitrogens with zero attached hydrogens (tertiary/aromatic N) is 1. The lowest BCUT2D eigenvalue weighted by atomic mass is 10.2. The normalized spacial score (nSPS) is 10.9. The fraction of sp³-hybridized carbons (Fsp3) is 0. The van der Waals surface area contributed by atoms with E-state index in [0.29, 0.717) is 27.9 Å². The molecule has 0 fully saturated rings. The summed E-state index contributed by atoms with van der Waals surface area (Å²) in [7, 11) is 0. The molecule has 0 saturated carbocycles. The van der Waals surface area contributed by atoms with Gasteiger partial charge in [0.1, 0.15) is 5.52 Å². The van der Waals surface area contributed by atoms with E-state index in [1.54, 1.807) is 30.3 Å². The minimum Gasteiger partial charge on any atom is -0.436 e. The lowest BCUT2D eigenvalue weighted by Crippen LogP contribution is -1.87. The van der Waals surface area contributed by atoms with Gasteiger partial charge >= 0.3 is 0 Å². The van der Waals surface area contributed by atoms with E-state index in [1.807, 2.05) is 6.07 Å². The number of anilines is 2. The number of hydrogen-bond acceptors (Lipinski definition) is 4. The number of oxazole rings is 1. The third-order valence-electron chi connectivity index (χ3n) is 2.65. The van der Waals surface area contributed by atoms with Gasteiger partial charge in [0.05, 0.1) is 10.7 Å². The maximum Gasteiger partial charge on any atom is 0.227 e. The number of hydrogen-bond donors (Lipinski definition) is 2. The summed E-state index contributed by atoms with van der Waals surface area (Å²) in [6.07, 6.45) is 0. The molecule has 5 heteroatoms. The van der Waals surface area contributed by atoms with Crippen LogP contribution in [0.3, 0.4) is 0 Å². The molecular weight excluding hydrogens is 250 g/mol. The highest BCUT2D eigenvalue weighted by Gasteiger charge is 2.09. The van der Waals surface area contributed by atoms with Gasteiger partial charge in [-0.25, -0.2) is 4.98 Å². The Morgan fingerprint density at radius 2 is 1.89 bits per heavy atom. The van der Waals surface area contributed by atoms with E-state index in [-0.39, 0.29) is 0 Å². The second kappa shape index (κ2) is 3.92. The molecule has 0 unspecified atom stereocenters. The summed E-state index contributed by atoms with van der Waals surface area (Å²) < 4.78 is 5.64. The molecule has 0 aliphatic heterocycles. The number of rotatable bonds is 1. The van der Waals surface area contributed by atoms with Crippen LogP contribution in [0.5, 0.6) is 0 Å². The molecule has 0 spiro atoms. The highest BCUT2D eigenvalue weighted by atomic mass is 35.5. The Kier molecular flexibility index (Phi) is 2.38. The maximum atomic E-state index is 5.88. The Morgan fingerprint density at radius 1 is 1.06 bits per heavy atom. The molecule has 90 valence electrons. The third-order valence-corrected chi connectivity index (χ3v) is 3.00. The Labute approximate surface area is 108 Å². The van der Waals surface area contributed by atoms with E-state index in [1.165, 1.54) is 0 Å². The van der Waals surface area contributed by atoms with E-state index in [0.717, 1.165) is 11.1 Å². The van der Waals surface area contributed by atoms with Crippen LogP contribution >= 0.6 is 11.6 Å². The number of aromatic nitrogens is 1. The second-order valence-electron chi connectivity index (χ2n) is 3.98. The molecule has 1 heterocycles. The zero-order chi connectivity index (χ0) is 12.7. The lowest BCUT2D eigenvalue weighted by Gasteiger charge is -1.99. The van der Waals surface area contributed by atoms with E-state index in [4.69, 9.17) is 27.5 Å². The standard InChI is InChI=1S/C13H10ClN3O/c14-9-3-1-7(5-10(9)16)13-17-11-6-8(15)2-4-12(11)18-13/h1-6H,15-16H2. The highest BCUT2D eigenvalue weighted by Crippen LogP contribution is 2.29. The molecule has 4 nitrogen and oxygen atoms in total. The summed E-state index contributed by atoms with van der Waals surface area (Å²) >= 11 is 5.88. The van der Waals surface area contributed by atoms with Crippen molar-refractivity contribution in [2.24, 2.45) is 0 Å². The van der Waals surface area contributed by atoms with Gasteiger partial charge in [-0.3, -0.25) is 0 Å². The molecule has 0 atom stereocenters. The van der Waals surface area contributed by atoms with Crippen LogP contribution in [-0.4, -0.2) is 4.98 Å². The van der Waals surface area contributed by atoms with Gasteiger partial charge in [-0.15, -0.1) is 0 Å². The first kappa shape index (κ1) is 10.9. The SMILES string of the molecule is Nc1ccc2oc(-c3ccc(Cl)c(N)c3)nc2c1. The van der Waals surface area contributed by atoms with Crippen molar-refractivity contribution >= 4 is 34.1 Å². The van der Waals surface area contributed by atoms with E-state index >= 15 is 0 Å². The first-order valence-corrected chi connectivity index (χ1v) is 5.73.